The molecule has 232 valence electrons. The van der Waals surface area contributed by atoms with Crippen molar-refractivity contribution in [3.63, 3.8) is 0 Å². The van der Waals surface area contributed by atoms with Crippen LogP contribution in [0.1, 0.15) is 0 Å². The van der Waals surface area contributed by atoms with Crippen LogP contribution in [0.4, 0.5) is 0 Å². The van der Waals surface area contributed by atoms with Gasteiger partial charge < -0.3 is 0 Å². The number of benzene rings is 6. The molecule has 0 saturated heterocycles. The van der Waals surface area contributed by atoms with Gasteiger partial charge in [-0.15, -0.1) is 0 Å². The minimum atomic E-state index is 0.895. The zero-order valence-electron chi connectivity index (χ0n) is 27.0. The number of nitrogens with zero attached hydrogens (tertiary/aromatic N) is 4. The van der Waals surface area contributed by atoms with Crippen LogP contribution < -0.4 is 0 Å². The smallest absolute Gasteiger partial charge is 0.0972 e. The van der Waals surface area contributed by atoms with E-state index in [1.165, 1.54) is 0 Å². The first kappa shape index (κ1) is 28.3. The van der Waals surface area contributed by atoms with Crippen LogP contribution in [0.25, 0.3) is 99.4 Å². The summed E-state index contributed by atoms with van der Waals surface area (Å²) in [4.78, 5) is 20.8. The Morgan fingerprint density at radius 2 is 0.780 bits per heavy atom. The van der Waals surface area contributed by atoms with Crippen LogP contribution >= 0.6 is 0 Å². The zero-order chi connectivity index (χ0) is 33.0. The summed E-state index contributed by atoms with van der Waals surface area (Å²) in [6, 6.07) is 59.0. The van der Waals surface area contributed by atoms with Gasteiger partial charge in [0.05, 0.1) is 44.8 Å². The van der Waals surface area contributed by atoms with Crippen LogP contribution in [0.15, 0.2) is 170 Å². The van der Waals surface area contributed by atoms with Gasteiger partial charge in [0.25, 0.3) is 0 Å². The highest BCUT2D eigenvalue weighted by molar-refractivity contribution is 6.21. The number of hydrogen-bond acceptors (Lipinski definition) is 4. The van der Waals surface area contributed by atoms with Crippen molar-refractivity contribution in [2.75, 3.05) is 0 Å². The maximum absolute atomic E-state index is 5.31. The molecular weight excluding hydrogens is 609 g/mol. The van der Waals surface area contributed by atoms with Gasteiger partial charge in [-0.3, -0.25) is 0 Å². The van der Waals surface area contributed by atoms with Gasteiger partial charge in [-0.05, 0) is 47.9 Å². The lowest BCUT2D eigenvalue weighted by Gasteiger charge is -2.14. The standard InChI is InChI=1S/C46H28N4/c1-4-10-29(11-5-1)38-26-22-36-41(47-38)27-21-35-37-28-34(20-25-42(37)50-44(43(35)36)31-14-8-3-9-15-31)40-24-19-33-17-16-32-18-23-39(30-12-6-2-7-13-30)48-45(32)46(33)49-40/h1-28H. The topological polar surface area (TPSA) is 51.6 Å². The number of pyridine rings is 4. The van der Waals surface area contributed by atoms with Gasteiger partial charge in [-0.1, -0.05) is 127 Å². The van der Waals surface area contributed by atoms with E-state index in [4.69, 9.17) is 19.9 Å². The lowest BCUT2D eigenvalue weighted by Crippen LogP contribution is -1.94. The number of fused-ring (bicyclic) bond motifs is 8. The highest BCUT2D eigenvalue weighted by Crippen LogP contribution is 2.39. The van der Waals surface area contributed by atoms with Gasteiger partial charge in [0.2, 0.25) is 0 Å². The van der Waals surface area contributed by atoms with Gasteiger partial charge >= 0.3 is 0 Å². The Morgan fingerprint density at radius 1 is 0.300 bits per heavy atom. The molecule has 4 heteroatoms. The van der Waals surface area contributed by atoms with E-state index in [2.05, 4.69) is 127 Å². The lowest BCUT2D eigenvalue weighted by molar-refractivity contribution is 1.36. The molecule has 0 spiro atoms. The van der Waals surface area contributed by atoms with E-state index in [1.54, 1.807) is 0 Å². The molecule has 0 bridgehead atoms. The summed E-state index contributed by atoms with van der Waals surface area (Å²) in [6.07, 6.45) is 0. The SMILES string of the molecule is c1ccc(-c2ccc3c(ccc4c5cc(-c6ccc7ccc8ccc(-c9ccccc9)nc8c7n6)ccc5nc(-c5ccccc5)c34)n2)cc1. The first-order valence-corrected chi connectivity index (χ1v) is 16.8. The lowest BCUT2D eigenvalue weighted by atomic mass is 9.95. The minimum absolute atomic E-state index is 0.895. The highest BCUT2D eigenvalue weighted by Gasteiger charge is 2.16. The minimum Gasteiger partial charge on any atom is -0.248 e. The molecule has 0 aliphatic rings. The largest absolute Gasteiger partial charge is 0.248 e. The zero-order valence-corrected chi connectivity index (χ0v) is 27.0. The first-order valence-electron chi connectivity index (χ1n) is 16.8. The third-order valence-corrected chi connectivity index (χ3v) is 9.63. The fraction of sp³-hybridized carbons (Fsp3) is 0. The molecule has 0 unspecified atom stereocenters. The summed E-state index contributed by atoms with van der Waals surface area (Å²) in [7, 11) is 0. The summed E-state index contributed by atoms with van der Waals surface area (Å²) < 4.78 is 0. The molecule has 50 heavy (non-hydrogen) atoms. The van der Waals surface area contributed by atoms with E-state index >= 15 is 0 Å². The van der Waals surface area contributed by atoms with E-state index in [0.717, 1.165) is 99.4 Å². The molecule has 0 aliphatic carbocycles. The van der Waals surface area contributed by atoms with Crippen molar-refractivity contribution in [2.45, 2.75) is 0 Å². The maximum atomic E-state index is 5.31. The Labute approximate surface area is 288 Å². The van der Waals surface area contributed by atoms with Crippen molar-refractivity contribution in [1.82, 2.24) is 19.9 Å². The van der Waals surface area contributed by atoms with Crippen molar-refractivity contribution in [2.24, 2.45) is 0 Å². The quantitative estimate of drug-likeness (QED) is 0.180. The molecule has 4 heterocycles. The van der Waals surface area contributed by atoms with E-state index in [0.29, 0.717) is 0 Å². The van der Waals surface area contributed by atoms with E-state index in [1.807, 2.05) is 42.5 Å². The second-order valence-corrected chi connectivity index (χ2v) is 12.6. The normalized spacial score (nSPS) is 11.6. The van der Waals surface area contributed by atoms with Crippen LogP contribution in [0.3, 0.4) is 0 Å². The number of rotatable bonds is 4. The van der Waals surface area contributed by atoms with Gasteiger partial charge in [0.1, 0.15) is 0 Å². The summed E-state index contributed by atoms with van der Waals surface area (Å²) in [6.45, 7) is 0. The first-order chi connectivity index (χ1) is 24.8. The van der Waals surface area contributed by atoms with Gasteiger partial charge in [-0.2, -0.15) is 0 Å². The summed E-state index contributed by atoms with van der Waals surface area (Å²) in [5, 5.41) is 6.53. The number of hydrogen-bond donors (Lipinski definition) is 0. The van der Waals surface area contributed by atoms with Crippen molar-refractivity contribution < 1.29 is 0 Å². The monoisotopic (exact) mass is 636 g/mol. The van der Waals surface area contributed by atoms with E-state index < -0.39 is 0 Å². The third-order valence-electron chi connectivity index (χ3n) is 9.63. The summed E-state index contributed by atoms with van der Waals surface area (Å²) in [5.74, 6) is 0. The molecule has 0 N–H and O–H groups in total. The van der Waals surface area contributed by atoms with Crippen LogP contribution in [-0.4, -0.2) is 19.9 Å². The van der Waals surface area contributed by atoms with Gasteiger partial charge in [-0.25, -0.2) is 19.9 Å². The Kier molecular flexibility index (Phi) is 6.46. The predicted octanol–water partition coefficient (Wildman–Crippen LogP) is 11.7. The van der Waals surface area contributed by atoms with E-state index in [9.17, 15) is 0 Å². The molecule has 0 saturated carbocycles. The van der Waals surface area contributed by atoms with Crippen LogP contribution in [0.5, 0.6) is 0 Å². The Balaban J connectivity index is 1.18. The Hall–Kier alpha value is -6.78. The molecule has 6 aromatic carbocycles. The molecule has 10 rings (SSSR count). The van der Waals surface area contributed by atoms with Crippen LogP contribution in [0, 0.1) is 0 Å². The number of aromatic nitrogens is 4. The highest BCUT2D eigenvalue weighted by atomic mass is 14.8. The van der Waals surface area contributed by atoms with E-state index in [-0.39, 0.29) is 0 Å². The second-order valence-electron chi connectivity index (χ2n) is 12.6. The fourth-order valence-electron chi connectivity index (χ4n) is 7.14. The second kappa shape index (κ2) is 11.4. The Morgan fingerprint density at radius 3 is 1.42 bits per heavy atom. The Bertz CT molecular complexity index is 2900. The van der Waals surface area contributed by atoms with Gasteiger partial charge in [0.15, 0.2) is 0 Å². The average Bonchev–Trinajstić information content (AvgIpc) is 3.20. The molecule has 0 radical (unpaired) electrons. The van der Waals surface area contributed by atoms with Crippen molar-refractivity contribution in [1.29, 1.82) is 0 Å². The molecule has 10 aromatic rings. The average molecular weight is 637 g/mol. The third kappa shape index (κ3) is 4.69. The fourth-order valence-corrected chi connectivity index (χ4v) is 7.14. The predicted molar refractivity (Wildman–Crippen MR) is 207 cm³/mol. The summed E-state index contributed by atoms with van der Waals surface area (Å²) in [5.41, 5.74) is 11.7. The maximum Gasteiger partial charge on any atom is 0.0972 e. The van der Waals surface area contributed by atoms with Crippen LogP contribution in [0.2, 0.25) is 0 Å². The van der Waals surface area contributed by atoms with Crippen LogP contribution in [-0.2, 0) is 0 Å². The van der Waals surface area contributed by atoms with Crippen molar-refractivity contribution in [3.8, 4) is 45.0 Å². The molecule has 4 aromatic heterocycles. The summed E-state index contributed by atoms with van der Waals surface area (Å²) >= 11 is 0. The molecular formula is C46H28N4. The molecule has 4 nitrogen and oxygen atoms in total. The molecule has 0 atom stereocenters. The molecule has 0 fully saturated rings. The van der Waals surface area contributed by atoms with Crippen molar-refractivity contribution >= 4 is 54.4 Å². The van der Waals surface area contributed by atoms with Gasteiger partial charge in [0, 0.05) is 49.2 Å². The molecule has 0 aliphatic heterocycles. The van der Waals surface area contributed by atoms with Crippen molar-refractivity contribution in [3.05, 3.63) is 170 Å². The molecule has 0 amide bonds.